The summed E-state index contributed by atoms with van der Waals surface area (Å²) in [4.78, 5) is 11.3. The van der Waals surface area contributed by atoms with E-state index in [-0.39, 0.29) is 18.0 Å². The molecule has 0 aliphatic carbocycles. The minimum atomic E-state index is -3.98. The summed E-state index contributed by atoms with van der Waals surface area (Å²) >= 11 is 0. The van der Waals surface area contributed by atoms with Crippen LogP contribution in [-0.2, 0) is 15.0 Å². The van der Waals surface area contributed by atoms with Gasteiger partial charge in [0.1, 0.15) is 23.8 Å². The number of para-hydroxylation sites is 1. The Morgan fingerprint density at radius 3 is 2.45 bits per heavy atom. The molecular formula is C14H12N2O5S. The maximum atomic E-state index is 11.8. The minimum Gasteiger partial charge on any atom is -0.506 e. The Morgan fingerprint density at radius 2 is 1.82 bits per heavy atom. The number of nitrogens with one attached hydrogen (secondary N) is 1. The summed E-state index contributed by atoms with van der Waals surface area (Å²) in [6.07, 6.45) is 0. The molecule has 3 rings (SSSR count). The third kappa shape index (κ3) is 2.68. The quantitative estimate of drug-likeness (QED) is 0.890. The fourth-order valence-corrected chi connectivity index (χ4v) is 3.21. The topological polar surface area (TPSA) is 95.9 Å². The van der Waals surface area contributed by atoms with Gasteiger partial charge in [0.25, 0.3) is 5.91 Å². The van der Waals surface area contributed by atoms with E-state index in [4.69, 9.17) is 4.74 Å². The normalized spacial score (nSPS) is 16.4. The van der Waals surface area contributed by atoms with E-state index in [9.17, 15) is 18.3 Å². The molecule has 0 saturated carbocycles. The smallest absolute Gasteiger partial charge is 0.326 e. The second kappa shape index (κ2) is 5.23. The zero-order chi connectivity index (χ0) is 15.7. The number of benzene rings is 2. The van der Waals surface area contributed by atoms with E-state index in [1.54, 1.807) is 24.3 Å². The van der Waals surface area contributed by atoms with E-state index < -0.39 is 16.1 Å². The molecule has 0 aromatic heterocycles. The van der Waals surface area contributed by atoms with Gasteiger partial charge in [-0.2, -0.15) is 8.42 Å². The number of amides is 1. The number of aromatic hydroxyl groups is 1. The lowest BCUT2D eigenvalue weighted by molar-refractivity contribution is -0.117. The summed E-state index contributed by atoms with van der Waals surface area (Å²) in [5.41, 5.74) is -0.0215. The second-order valence-electron chi connectivity index (χ2n) is 4.60. The molecule has 1 amide bonds. The largest absolute Gasteiger partial charge is 0.506 e. The van der Waals surface area contributed by atoms with Crippen molar-refractivity contribution in [3.05, 3.63) is 48.5 Å². The maximum absolute atomic E-state index is 11.8. The number of hydrogen-bond acceptors (Lipinski definition) is 5. The molecule has 0 atom stereocenters. The summed E-state index contributed by atoms with van der Waals surface area (Å²) in [6.45, 7) is -0.384. The number of phenols is 1. The number of carbonyl (C=O) groups is 1. The number of hydrogen-bond donors (Lipinski definition) is 2. The van der Waals surface area contributed by atoms with Crippen LogP contribution in [0.5, 0.6) is 17.2 Å². The van der Waals surface area contributed by atoms with Gasteiger partial charge in [-0.15, -0.1) is 0 Å². The van der Waals surface area contributed by atoms with Crippen LogP contribution in [0.3, 0.4) is 0 Å². The van der Waals surface area contributed by atoms with E-state index in [0.29, 0.717) is 11.5 Å². The van der Waals surface area contributed by atoms with Gasteiger partial charge in [0.15, 0.2) is 0 Å². The molecular weight excluding hydrogens is 308 g/mol. The van der Waals surface area contributed by atoms with Crippen LogP contribution in [0, 0.1) is 0 Å². The first-order chi connectivity index (χ1) is 10.5. The Balaban J connectivity index is 1.96. The molecule has 1 aliphatic rings. The first-order valence-electron chi connectivity index (χ1n) is 6.35. The molecule has 1 aliphatic heterocycles. The molecule has 1 fully saturated rings. The van der Waals surface area contributed by atoms with Crippen molar-refractivity contribution < 1.29 is 23.1 Å². The molecule has 114 valence electrons. The Kier molecular flexibility index (Phi) is 3.38. The van der Waals surface area contributed by atoms with Crippen molar-refractivity contribution in [1.82, 2.24) is 4.72 Å². The van der Waals surface area contributed by atoms with Crippen LogP contribution in [0.25, 0.3) is 0 Å². The predicted octanol–water partition coefficient (Wildman–Crippen LogP) is 1.37. The van der Waals surface area contributed by atoms with Gasteiger partial charge in [-0.3, -0.25) is 4.79 Å². The molecule has 2 aromatic rings. The lowest BCUT2D eigenvalue weighted by Gasteiger charge is -2.17. The number of rotatable bonds is 3. The van der Waals surface area contributed by atoms with Gasteiger partial charge in [0.05, 0.1) is 5.69 Å². The zero-order valence-corrected chi connectivity index (χ0v) is 12.1. The highest BCUT2D eigenvalue weighted by Crippen LogP contribution is 2.35. The van der Waals surface area contributed by atoms with Gasteiger partial charge < -0.3 is 9.84 Å². The van der Waals surface area contributed by atoms with Crippen LogP contribution in [0.1, 0.15) is 0 Å². The summed E-state index contributed by atoms with van der Waals surface area (Å²) in [6, 6.07) is 13.1. The van der Waals surface area contributed by atoms with Crippen LogP contribution < -0.4 is 13.8 Å². The van der Waals surface area contributed by atoms with Crippen LogP contribution in [0.15, 0.2) is 48.5 Å². The van der Waals surface area contributed by atoms with Gasteiger partial charge in [-0.1, -0.05) is 18.2 Å². The van der Waals surface area contributed by atoms with Crippen molar-refractivity contribution in [3.8, 4) is 17.2 Å². The van der Waals surface area contributed by atoms with Crippen molar-refractivity contribution in [2.24, 2.45) is 0 Å². The monoisotopic (exact) mass is 320 g/mol. The Morgan fingerprint density at radius 1 is 1.09 bits per heavy atom. The number of anilines is 1. The highest BCUT2D eigenvalue weighted by atomic mass is 32.2. The lowest BCUT2D eigenvalue weighted by Crippen LogP contribution is -2.29. The van der Waals surface area contributed by atoms with E-state index in [2.05, 4.69) is 0 Å². The molecule has 8 heteroatoms. The summed E-state index contributed by atoms with van der Waals surface area (Å²) in [7, 11) is -3.98. The molecule has 1 heterocycles. The van der Waals surface area contributed by atoms with Crippen LogP contribution >= 0.6 is 0 Å². The Labute approximate surface area is 126 Å². The van der Waals surface area contributed by atoms with Crippen molar-refractivity contribution >= 4 is 21.8 Å². The molecule has 2 N–H and O–H groups in total. The SMILES string of the molecule is O=C1CN(c2cc(Oc3ccccc3)ccc2O)S(=O)(=O)N1. The van der Waals surface area contributed by atoms with Gasteiger partial charge in [0.2, 0.25) is 0 Å². The number of ether oxygens (including phenoxy) is 1. The van der Waals surface area contributed by atoms with E-state index in [0.717, 1.165) is 4.31 Å². The third-order valence-corrected chi connectivity index (χ3v) is 4.41. The van der Waals surface area contributed by atoms with Gasteiger partial charge in [0, 0.05) is 6.07 Å². The van der Waals surface area contributed by atoms with Gasteiger partial charge >= 0.3 is 10.2 Å². The molecule has 0 spiro atoms. The molecule has 7 nitrogen and oxygen atoms in total. The average Bonchev–Trinajstić information content (AvgIpc) is 2.75. The lowest BCUT2D eigenvalue weighted by atomic mass is 10.2. The van der Waals surface area contributed by atoms with Crippen molar-refractivity contribution in [2.45, 2.75) is 0 Å². The minimum absolute atomic E-state index is 0.0215. The summed E-state index contributed by atoms with van der Waals surface area (Å²) < 4.78 is 31.9. The van der Waals surface area contributed by atoms with E-state index >= 15 is 0 Å². The number of carbonyl (C=O) groups excluding carboxylic acids is 1. The second-order valence-corrected chi connectivity index (χ2v) is 6.20. The maximum Gasteiger partial charge on any atom is 0.326 e. The van der Waals surface area contributed by atoms with Gasteiger partial charge in [-0.25, -0.2) is 9.03 Å². The molecule has 2 aromatic carbocycles. The predicted molar refractivity (Wildman–Crippen MR) is 79.0 cm³/mol. The molecule has 0 radical (unpaired) electrons. The van der Waals surface area contributed by atoms with E-state index in [1.165, 1.54) is 18.2 Å². The standard InChI is InChI=1S/C14H12N2O5S/c17-13-7-6-11(21-10-4-2-1-3-5-10)8-12(13)16-9-14(18)15-22(16,19)20/h1-8,17H,9H2,(H,15,18). The average molecular weight is 320 g/mol. The molecule has 1 saturated heterocycles. The summed E-state index contributed by atoms with van der Waals surface area (Å²) in [5.74, 6) is -0.0135. The summed E-state index contributed by atoms with van der Waals surface area (Å²) in [5, 5.41) is 9.88. The number of phenolic OH excluding ortho intramolecular Hbond substituents is 1. The third-order valence-electron chi connectivity index (χ3n) is 3.01. The van der Waals surface area contributed by atoms with E-state index in [1.807, 2.05) is 10.8 Å². The van der Waals surface area contributed by atoms with Gasteiger partial charge in [-0.05, 0) is 24.3 Å². The van der Waals surface area contributed by atoms with Crippen molar-refractivity contribution in [1.29, 1.82) is 0 Å². The fourth-order valence-electron chi connectivity index (χ4n) is 2.05. The Hall–Kier alpha value is -2.74. The van der Waals surface area contributed by atoms with Crippen LogP contribution in [0.4, 0.5) is 5.69 Å². The van der Waals surface area contributed by atoms with Crippen LogP contribution in [0.2, 0.25) is 0 Å². The Bertz CT molecular complexity index is 820. The fraction of sp³-hybridized carbons (Fsp3) is 0.0714. The number of nitrogens with zero attached hydrogens (tertiary/aromatic N) is 1. The van der Waals surface area contributed by atoms with Crippen molar-refractivity contribution in [3.63, 3.8) is 0 Å². The zero-order valence-electron chi connectivity index (χ0n) is 11.3. The highest BCUT2D eigenvalue weighted by molar-refractivity contribution is 7.92. The molecule has 0 bridgehead atoms. The molecule has 22 heavy (non-hydrogen) atoms. The first kappa shape index (κ1) is 14.2. The van der Waals surface area contributed by atoms with Crippen molar-refractivity contribution in [2.75, 3.05) is 10.8 Å². The first-order valence-corrected chi connectivity index (χ1v) is 7.79. The highest BCUT2D eigenvalue weighted by Gasteiger charge is 2.35. The molecule has 0 unspecified atom stereocenters. The van der Waals surface area contributed by atoms with Crippen LogP contribution in [-0.4, -0.2) is 26.0 Å².